The van der Waals surface area contributed by atoms with Crippen molar-refractivity contribution in [1.82, 2.24) is 10.4 Å². The molecule has 0 aliphatic carbocycles. The van der Waals surface area contributed by atoms with Gasteiger partial charge in [0.25, 0.3) is 5.91 Å². The minimum absolute atomic E-state index is 0.193. The number of amides is 1. The number of hydrazine groups is 1. The van der Waals surface area contributed by atoms with Gasteiger partial charge in [0.2, 0.25) is 0 Å². The second-order valence-electron chi connectivity index (χ2n) is 3.96. The van der Waals surface area contributed by atoms with Gasteiger partial charge >= 0.3 is 0 Å². The highest BCUT2D eigenvalue weighted by atomic mass is 19.1. The summed E-state index contributed by atoms with van der Waals surface area (Å²) in [7, 11) is 0. The van der Waals surface area contributed by atoms with Crippen LogP contribution in [-0.4, -0.2) is 37.2 Å². The van der Waals surface area contributed by atoms with Gasteiger partial charge in [-0.25, -0.2) is 9.40 Å². The SMILES string of the molecule is O=C(/C=C/c1ccc(F)cc1)NN1CCOCC1. The van der Waals surface area contributed by atoms with Gasteiger partial charge in [-0.2, -0.15) is 0 Å². The Morgan fingerprint density at radius 1 is 1.28 bits per heavy atom. The third-order valence-electron chi connectivity index (χ3n) is 2.58. The van der Waals surface area contributed by atoms with E-state index in [0.29, 0.717) is 26.3 Å². The Morgan fingerprint density at radius 2 is 1.94 bits per heavy atom. The Hall–Kier alpha value is -1.72. The summed E-state index contributed by atoms with van der Waals surface area (Å²) in [5.74, 6) is -0.480. The zero-order chi connectivity index (χ0) is 12.8. The molecular weight excluding hydrogens is 235 g/mol. The number of nitrogens with one attached hydrogen (secondary N) is 1. The molecule has 18 heavy (non-hydrogen) atoms. The maximum atomic E-state index is 12.7. The van der Waals surface area contributed by atoms with Gasteiger partial charge < -0.3 is 4.74 Å². The van der Waals surface area contributed by atoms with Crippen molar-refractivity contribution in [3.8, 4) is 0 Å². The average Bonchev–Trinajstić information content (AvgIpc) is 2.39. The van der Waals surface area contributed by atoms with E-state index in [1.165, 1.54) is 18.2 Å². The molecule has 5 heteroatoms. The van der Waals surface area contributed by atoms with Crippen LogP contribution in [0, 0.1) is 5.82 Å². The molecule has 0 saturated carbocycles. The first-order valence-electron chi connectivity index (χ1n) is 5.81. The number of hydrogen-bond acceptors (Lipinski definition) is 3. The molecule has 0 radical (unpaired) electrons. The molecule has 96 valence electrons. The Kier molecular flexibility index (Phi) is 4.44. The molecule has 0 unspecified atom stereocenters. The van der Waals surface area contributed by atoms with Crippen molar-refractivity contribution in [2.75, 3.05) is 26.3 Å². The van der Waals surface area contributed by atoms with Crippen LogP contribution in [0.1, 0.15) is 5.56 Å². The molecule has 1 aromatic rings. The highest BCUT2D eigenvalue weighted by Crippen LogP contribution is 2.04. The number of morpholine rings is 1. The molecular formula is C13H15FN2O2. The van der Waals surface area contributed by atoms with E-state index in [1.54, 1.807) is 18.2 Å². The summed E-state index contributed by atoms with van der Waals surface area (Å²) in [6, 6.07) is 5.96. The number of carbonyl (C=O) groups is 1. The summed E-state index contributed by atoms with van der Waals surface area (Å²) in [5.41, 5.74) is 3.54. The first-order valence-corrected chi connectivity index (χ1v) is 5.81. The first-order chi connectivity index (χ1) is 8.74. The molecule has 1 fully saturated rings. The highest BCUT2D eigenvalue weighted by molar-refractivity contribution is 5.91. The fourth-order valence-electron chi connectivity index (χ4n) is 1.61. The molecule has 4 nitrogen and oxygen atoms in total. The number of carbonyl (C=O) groups excluding carboxylic acids is 1. The maximum absolute atomic E-state index is 12.7. The third-order valence-corrected chi connectivity index (χ3v) is 2.58. The smallest absolute Gasteiger partial charge is 0.258 e. The molecule has 1 heterocycles. The van der Waals surface area contributed by atoms with Gasteiger partial charge in [0.1, 0.15) is 5.82 Å². The molecule has 1 aromatic carbocycles. The number of hydrogen-bond donors (Lipinski definition) is 1. The zero-order valence-electron chi connectivity index (χ0n) is 9.93. The van der Waals surface area contributed by atoms with Crippen molar-refractivity contribution < 1.29 is 13.9 Å². The van der Waals surface area contributed by atoms with E-state index >= 15 is 0 Å². The molecule has 2 rings (SSSR count). The molecule has 0 aromatic heterocycles. The van der Waals surface area contributed by atoms with Gasteiger partial charge in [0.15, 0.2) is 0 Å². The Balaban J connectivity index is 1.84. The van der Waals surface area contributed by atoms with Gasteiger partial charge in [0.05, 0.1) is 13.2 Å². The quantitative estimate of drug-likeness (QED) is 0.820. The second-order valence-corrected chi connectivity index (χ2v) is 3.96. The van der Waals surface area contributed by atoms with Crippen LogP contribution in [-0.2, 0) is 9.53 Å². The fourth-order valence-corrected chi connectivity index (χ4v) is 1.61. The standard InChI is InChI=1S/C13H15FN2O2/c14-12-4-1-11(2-5-12)3-6-13(17)15-16-7-9-18-10-8-16/h1-6H,7-10H2,(H,15,17)/b6-3+. The van der Waals surface area contributed by atoms with Crippen LogP contribution in [0.3, 0.4) is 0 Å². The molecule has 1 N–H and O–H groups in total. The lowest BCUT2D eigenvalue weighted by molar-refractivity contribution is -0.123. The Morgan fingerprint density at radius 3 is 2.61 bits per heavy atom. The summed E-state index contributed by atoms with van der Waals surface area (Å²) in [6.07, 6.45) is 3.08. The van der Waals surface area contributed by atoms with E-state index in [1.807, 2.05) is 5.01 Å². The average molecular weight is 250 g/mol. The largest absolute Gasteiger partial charge is 0.379 e. The number of halogens is 1. The molecule has 1 aliphatic rings. The summed E-state index contributed by atoms with van der Waals surface area (Å²) in [5, 5.41) is 1.82. The molecule has 1 amide bonds. The van der Waals surface area contributed by atoms with Crippen LogP contribution in [0.5, 0.6) is 0 Å². The van der Waals surface area contributed by atoms with Crippen LogP contribution in [0.4, 0.5) is 4.39 Å². The normalized spacial score (nSPS) is 16.9. The molecule has 0 spiro atoms. The summed E-state index contributed by atoms with van der Waals surface area (Å²) >= 11 is 0. The van der Waals surface area contributed by atoms with Gasteiger partial charge in [-0.1, -0.05) is 12.1 Å². The van der Waals surface area contributed by atoms with Crippen molar-refractivity contribution in [1.29, 1.82) is 0 Å². The number of nitrogens with zero attached hydrogens (tertiary/aromatic N) is 1. The minimum Gasteiger partial charge on any atom is -0.379 e. The van der Waals surface area contributed by atoms with E-state index in [9.17, 15) is 9.18 Å². The van der Waals surface area contributed by atoms with E-state index in [-0.39, 0.29) is 11.7 Å². The molecule has 1 saturated heterocycles. The van der Waals surface area contributed by atoms with Crippen LogP contribution in [0.2, 0.25) is 0 Å². The maximum Gasteiger partial charge on any atom is 0.258 e. The zero-order valence-corrected chi connectivity index (χ0v) is 9.93. The monoisotopic (exact) mass is 250 g/mol. The van der Waals surface area contributed by atoms with Crippen molar-refractivity contribution in [2.24, 2.45) is 0 Å². The van der Waals surface area contributed by atoms with Gasteiger partial charge in [0, 0.05) is 19.2 Å². The summed E-state index contributed by atoms with van der Waals surface area (Å²) < 4.78 is 17.8. The van der Waals surface area contributed by atoms with Gasteiger partial charge in [-0.3, -0.25) is 10.2 Å². The lowest BCUT2D eigenvalue weighted by Gasteiger charge is -2.26. The van der Waals surface area contributed by atoms with E-state index in [0.717, 1.165) is 5.56 Å². The topological polar surface area (TPSA) is 41.6 Å². The summed E-state index contributed by atoms with van der Waals surface area (Å²) in [6.45, 7) is 2.64. The lowest BCUT2D eigenvalue weighted by Crippen LogP contribution is -2.47. The van der Waals surface area contributed by atoms with Gasteiger partial charge in [-0.05, 0) is 23.8 Å². The van der Waals surface area contributed by atoms with Crippen LogP contribution < -0.4 is 5.43 Å². The molecule has 0 atom stereocenters. The Bertz CT molecular complexity index is 425. The van der Waals surface area contributed by atoms with Crippen molar-refractivity contribution in [2.45, 2.75) is 0 Å². The van der Waals surface area contributed by atoms with Crippen LogP contribution in [0.25, 0.3) is 6.08 Å². The number of rotatable bonds is 3. The molecule has 0 bridgehead atoms. The lowest BCUT2D eigenvalue weighted by atomic mass is 10.2. The number of benzene rings is 1. The fraction of sp³-hybridized carbons (Fsp3) is 0.308. The number of ether oxygens (including phenoxy) is 1. The minimum atomic E-state index is -0.287. The van der Waals surface area contributed by atoms with Crippen molar-refractivity contribution in [3.05, 3.63) is 41.7 Å². The first kappa shape index (κ1) is 12.7. The predicted molar refractivity (Wildman–Crippen MR) is 66.0 cm³/mol. The van der Waals surface area contributed by atoms with E-state index < -0.39 is 0 Å². The van der Waals surface area contributed by atoms with Crippen molar-refractivity contribution in [3.63, 3.8) is 0 Å². The van der Waals surface area contributed by atoms with E-state index in [2.05, 4.69) is 5.43 Å². The molecule has 1 aliphatic heterocycles. The second kappa shape index (κ2) is 6.28. The highest BCUT2D eigenvalue weighted by Gasteiger charge is 2.10. The summed E-state index contributed by atoms with van der Waals surface area (Å²) in [4.78, 5) is 11.6. The van der Waals surface area contributed by atoms with E-state index in [4.69, 9.17) is 4.74 Å². The van der Waals surface area contributed by atoms with Crippen LogP contribution >= 0.6 is 0 Å². The third kappa shape index (κ3) is 3.94. The van der Waals surface area contributed by atoms with Crippen LogP contribution in [0.15, 0.2) is 30.3 Å². The Labute approximate surface area is 105 Å². The van der Waals surface area contributed by atoms with Gasteiger partial charge in [-0.15, -0.1) is 0 Å². The predicted octanol–water partition coefficient (Wildman–Crippen LogP) is 1.20. The van der Waals surface area contributed by atoms with Crippen molar-refractivity contribution >= 4 is 12.0 Å².